The molecule has 0 aliphatic carbocycles. The van der Waals surface area contributed by atoms with Crippen molar-refractivity contribution in [2.45, 2.75) is 38.6 Å². The quantitative estimate of drug-likeness (QED) is 0.793. The predicted octanol–water partition coefficient (Wildman–Crippen LogP) is 1.49. The summed E-state index contributed by atoms with van der Waals surface area (Å²) in [5.74, 6) is 0.183. The van der Waals surface area contributed by atoms with Crippen LogP contribution in [0.4, 0.5) is 0 Å². The van der Waals surface area contributed by atoms with E-state index < -0.39 is 0 Å². The van der Waals surface area contributed by atoms with Gasteiger partial charge in [0.05, 0.1) is 11.0 Å². The first-order valence-corrected chi connectivity index (χ1v) is 6.45. The van der Waals surface area contributed by atoms with Gasteiger partial charge in [0.1, 0.15) is 0 Å². The van der Waals surface area contributed by atoms with Crippen LogP contribution in [0.1, 0.15) is 37.6 Å². The van der Waals surface area contributed by atoms with Crippen LogP contribution in [0.15, 0.2) is 11.6 Å². The molecule has 1 heterocycles. The fourth-order valence-corrected chi connectivity index (χ4v) is 2.09. The second-order valence-electron chi connectivity index (χ2n) is 3.91. The number of thiazole rings is 1. The SMILES string of the molecule is CCC[C@H](N)C(=O)NCC(C)c1nccs1. The van der Waals surface area contributed by atoms with Crippen molar-refractivity contribution < 1.29 is 4.79 Å². The van der Waals surface area contributed by atoms with E-state index in [1.807, 2.05) is 19.2 Å². The molecule has 3 N–H and O–H groups in total. The molecule has 16 heavy (non-hydrogen) atoms. The summed E-state index contributed by atoms with van der Waals surface area (Å²) in [6.45, 7) is 4.67. The largest absolute Gasteiger partial charge is 0.354 e. The molecule has 1 rings (SSSR count). The molecule has 0 aliphatic rings. The Bertz CT molecular complexity index is 313. The maximum atomic E-state index is 11.6. The topological polar surface area (TPSA) is 68.0 Å². The first kappa shape index (κ1) is 13.1. The zero-order chi connectivity index (χ0) is 12.0. The minimum Gasteiger partial charge on any atom is -0.354 e. The monoisotopic (exact) mass is 241 g/mol. The zero-order valence-corrected chi connectivity index (χ0v) is 10.6. The summed E-state index contributed by atoms with van der Waals surface area (Å²) in [5.41, 5.74) is 5.71. The number of hydrogen-bond acceptors (Lipinski definition) is 4. The molecule has 0 aliphatic heterocycles. The van der Waals surface area contributed by atoms with Crippen molar-refractivity contribution in [2.24, 2.45) is 5.73 Å². The van der Waals surface area contributed by atoms with Gasteiger partial charge in [0.15, 0.2) is 0 Å². The summed E-state index contributed by atoms with van der Waals surface area (Å²) in [6, 6.07) is -0.381. The molecule has 2 atom stereocenters. The van der Waals surface area contributed by atoms with Crippen LogP contribution in [0.5, 0.6) is 0 Å². The molecule has 90 valence electrons. The van der Waals surface area contributed by atoms with Gasteiger partial charge in [0.25, 0.3) is 0 Å². The number of amides is 1. The Hall–Kier alpha value is -0.940. The van der Waals surface area contributed by atoms with E-state index >= 15 is 0 Å². The minimum absolute atomic E-state index is 0.0646. The van der Waals surface area contributed by atoms with Crippen LogP contribution in [-0.4, -0.2) is 23.5 Å². The average molecular weight is 241 g/mol. The number of rotatable bonds is 6. The van der Waals surface area contributed by atoms with E-state index in [1.165, 1.54) is 0 Å². The Labute approximate surface area is 100 Å². The minimum atomic E-state index is -0.381. The molecule has 0 aromatic carbocycles. The van der Waals surface area contributed by atoms with Crippen LogP contribution in [0, 0.1) is 0 Å². The Balaban J connectivity index is 2.31. The molecule has 1 aromatic rings. The third-order valence-corrected chi connectivity index (χ3v) is 3.40. The van der Waals surface area contributed by atoms with E-state index in [9.17, 15) is 4.79 Å². The van der Waals surface area contributed by atoms with Gasteiger partial charge in [0.2, 0.25) is 5.91 Å². The molecule has 0 spiro atoms. The summed E-state index contributed by atoms with van der Waals surface area (Å²) in [7, 11) is 0. The van der Waals surface area contributed by atoms with Crippen LogP contribution < -0.4 is 11.1 Å². The number of carbonyl (C=O) groups excluding carboxylic acids is 1. The molecule has 4 nitrogen and oxygen atoms in total. The van der Waals surface area contributed by atoms with Gasteiger partial charge in [-0.2, -0.15) is 0 Å². The van der Waals surface area contributed by atoms with Crippen LogP contribution in [0.2, 0.25) is 0 Å². The lowest BCUT2D eigenvalue weighted by atomic mass is 10.1. The van der Waals surface area contributed by atoms with Gasteiger partial charge in [-0.25, -0.2) is 4.98 Å². The maximum Gasteiger partial charge on any atom is 0.236 e. The molecule has 1 amide bonds. The maximum absolute atomic E-state index is 11.6. The lowest BCUT2D eigenvalue weighted by molar-refractivity contribution is -0.122. The number of nitrogens with two attached hydrogens (primary N) is 1. The second-order valence-corrected chi connectivity index (χ2v) is 4.84. The Morgan fingerprint density at radius 3 is 3.00 bits per heavy atom. The highest BCUT2D eigenvalue weighted by Crippen LogP contribution is 2.16. The molecule has 1 unspecified atom stereocenters. The van der Waals surface area contributed by atoms with E-state index in [-0.39, 0.29) is 17.9 Å². The van der Waals surface area contributed by atoms with E-state index in [0.29, 0.717) is 6.54 Å². The number of nitrogens with zero attached hydrogens (tertiary/aromatic N) is 1. The number of carbonyl (C=O) groups is 1. The molecule has 0 saturated carbocycles. The Morgan fingerprint density at radius 1 is 1.69 bits per heavy atom. The van der Waals surface area contributed by atoms with Crippen LogP contribution in [-0.2, 0) is 4.79 Å². The molecule has 1 aromatic heterocycles. The molecule has 0 radical (unpaired) electrons. The summed E-state index contributed by atoms with van der Waals surface area (Å²) in [5, 5.41) is 5.84. The Kier molecular flexibility index (Phi) is 5.42. The van der Waals surface area contributed by atoms with Crippen molar-refractivity contribution in [1.29, 1.82) is 0 Å². The van der Waals surface area contributed by atoms with Gasteiger partial charge >= 0.3 is 0 Å². The normalized spacial score (nSPS) is 14.4. The molecular weight excluding hydrogens is 222 g/mol. The van der Waals surface area contributed by atoms with Crippen molar-refractivity contribution in [1.82, 2.24) is 10.3 Å². The predicted molar refractivity (Wildman–Crippen MR) is 66.4 cm³/mol. The fraction of sp³-hybridized carbons (Fsp3) is 0.636. The molecular formula is C11H19N3OS. The van der Waals surface area contributed by atoms with Gasteiger partial charge in [0, 0.05) is 24.0 Å². The van der Waals surface area contributed by atoms with Gasteiger partial charge in [-0.1, -0.05) is 20.3 Å². The second kappa shape index (κ2) is 6.60. The standard InChI is InChI=1S/C11H19N3OS/c1-3-4-9(12)10(15)14-7-8(2)11-13-5-6-16-11/h5-6,8-9H,3-4,7,12H2,1-2H3,(H,14,15)/t8?,9-/m0/s1. The number of aromatic nitrogens is 1. The highest BCUT2D eigenvalue weighted by Gasteiger charge is 2.14. The van der Waals surface area contributed by atoms with E-state index in [4.69, 9.17) is 5.73 Å². The first-order chi connectivity index (χ1) is 7.65. The van der Waals surface area contributed by atoms with Crippen molar-refractivity contribution in [2.75, 3.05) is 6.54 Å². The summed E-state index contributed by atoms with van der Waals surface area (Å²) >= 11 is 1.61. The van der Waals surface area contributed by atoms with Gasteiger partial charge < -0.3 is 11.1 Å². The van der Waals surface area contributed by atoms with Crippen molar-refractivity contribution in [3.63, 3.8) is 0 Å². The van der Waals surface area contributed by atoms with Crippen molar-refractivity contribution >= 4 is 17.2 Å². The molecule has 0 bridgehead atoms. The lowest BCUT2D eigenvalue weighted by Gasteiger charge is -2.13. The van der Waals surface area contributed by atoms with Crippen LogP contribution in [0.25, 0.3) is 0 Å². The molecule has 0 saturated heterocycles. The van der Waals surface area contributed by atoms with E-state index in [0.717, 1.165) is 17.8 Å². The fourth-order valence-electron chi connectivity index (χ4n) is 1.39. The summed E-state index contributed by atoms with van der Waals surface area (Å²) in [4.78, 5) is 15.8. The van der Waals surface area contributed by atoms with Crippen molar-refractivity contribution in [3.05, 3.63) is 16.6 Å². The van der Waals surface area contributed by atoms with Crippen LogP contribution >= 0.6 is 11.3 Å². The van der Waals surface area contributed by atoms with Crippen molar-refractivity contribution in [3.8, 4) is 0 Å². The third kappa shape index (κ3) is 3.90. The van der Waals surface area contributed by atoms with Crippen LogP contribution in [0.3, 0.4) is 0 Å². The lowest BCUT2D eigenvalue weighted by Crippen LogP contribution is -2.41. The highest BCUT2D eigenvalue weighted by atomic mass is 32.1. The number of hydrogen-bond donors (Lipinski definition) is 2. The van der Waals surface area contributed by atoms with Gasteiger partial charge in [-0.3, -0.25) is 4.79 Å². The summed E-state index contributed by atoms with van der Waals surface area (Å²) in [6.07, 6.45) is 3.44. The molecule has 5 heteroatoms. The zero-order valence-electron chi connectivity index (χ0n) is 9.77. The van der Waals surface area contributed by atoms with E-state index in [1.54, 1.807) is 17.5 Å². The number of nitrogens with one attached hydrogen (secondary N) is 1. The summed E-state index contributed by atoms with van der Waals surface area (Å²) < 4.78 is 0. The van der Waals surface area contributed by atoms with E-state index in [2.05, 4.69) is 10.3 Å². The Morgan fingerprint density at radius 2 is 2.44 bits per heavy atom. The third-order valence-electron chi connectivity index (χ3n) is 2.39. The smallest absolute Gasteiger partial charge is 0.236 e. The molecule has 0 fully saturated rings. The van der Waals surface area contributed by atoms with Gasteiger partial charge in [-0.05, 0) is 6.42 Å². The average Bonchev–Trinajstić information content (AvgIpc) is 2.79. The van der Waals surface area contributed by atoms with Gasteiger partial charge in [-0.15, -0.1) is 11.3 Å². The first-order valence-electron chi connectivity index (χ1n) is 5.57. The highest BCUT2D eigenvalue weighted by molar-refractivity contribution is 7.09.